The van der Waals surface area contributed by atoms with Crippen molar-refractivity contribution in [3.8, 4) is 0 Å². The van der Waals surface area contributed by atoms with Gasteiger partial charge in [-0.1, -0.05) is 30.1 Å². The molecule has 7 nitrogen and oxygen atoms in total. The number of carbonyl (C=O) groups excluding carboxylic acids is 2. The Balaban J connectivity index is 1.66. The standard InChI is InChI=1S/C26H27Cl2F4N3O4/c1-24(7-8-24)13-34(12-19(36)20-17(27)9-14(29)10-18(20)28)22(37)16-11-33-35(21(16)26(30,31)32)15-3-5-25(2,6-4-15)23(38)39/h9-11,15H,3-8,12-13H2,1-2H3,(H,38,39)/t15-,25+. The lowest BCUT2D eigenvalue weighted by Crippen LogP contribution is -2.40. The van der Waals surface area contributed by atoms with Gasteiger partial charge in [-0.05, 0) is 63.0 Å². The molecule has 0 unspecified atom stereocenters. The molecule has 1 amide bonds. The predicted molar refractivity (Wildman–Crippen MR) is 134 cm³/mol. The topological polar surface area (TPSA) is 92.5 Å². The number of aromatic nitrogens is 2. The molecule has 2 saturated carbocycles. The maximum Gasteiger partial charge on any atom is 0.433 e. The highest BCUT2D eigenvalue weighted by Gasteiger charge is 2.46. The van der Waals surface area contributed by atoms with Crippen LogP contribution in [-0.2, 0) is 11.0 Å². The third-order valence-corrected chi connectivity index (χ3v) is 8.39. The molecule has 13 heteroatoms. The third kappa shape index (κ3) is 6.09. The minimum Gasteiger partial charge on any atom is -0.481 e. The molecule has 39 heavy (non-hydrogen) atoms. The van der Waals surface area contributed by atoms with Gasteiger partial charge in [-0.25, -0.2) is 4.39 Å². The smallest absolute Gasteiger partial charge is 0.433 e. The summed E-state index contributed by atoms with van der Waals surface area (Å²) in [6.45, 7) is 2.80. The summed E-state index contributed by atoms with van der Waals surface area (Å²) in [5.41, 5.74) is -3.59. The molecule has 0 aliphatic heterocycles. The van der Waals surface area contributed by atoms with E-state index in [1.165, 1.54) is 0 Å². The van der Waals surface area contributed by atoms with Gasteiger partial charge in [0, 0.05) is 6.54 Å². The van der Waals surface area contributed by atoms with Crippen LogP contribution in [0.3, 0.4) is 0 Å². The van der Waals surface area contributed by atoms with E-state index in [0.29, 0.717) is 0 Å². The summed E-state index contributed by atoms with van der Waals surface area (Å²) in [7, 11) is 0. The van der Waals surface area contributed by atoms with E-state index in [1.54, 1.807) is 6.92 Å². The number of hydrogen-bond acceptors (Lipinski definition) is 4. The molecule has 4 rings (SSSR count). The molecule has 0 saturated heterocycles. The summed E-state index contributed by atoms with van der Waals surface area (Å²) in [4.78, 5) is 39.3. The van der Waals surface area contributed by atoms with Crippen LogP contribution in [0.25, 0.3) is 0 Å². The Hall–Kier alpha value is -2.66. The van der Waals surface area contributed by atoms with Crippen LogP contribution in [0.5, 0.6) is 0 Å². The molecule has 2 fully saturated rings. The normalized spacial score (nSPS) is 22.4. The van der Waals surface area contributed by atoms with Crippen LogP contribution in [0.1, 0.15) is 84.8 Å². The second kappa shape index (κ2) is 10.4. The Morgan fingerprint density at radius 1 is 1.10 bits per heavy atom. The number of hydrogen-bond donors (Lipinski definition) is 1. The van der Waals surface area contributed by atoms with E-state index in [-0.39, 0.29) is 53.3 Å². The van der Waals surface area contributed by atoms with Crippen molar-refractivity contribution in [2.24, 2.45) is 10.8 Å². The van der Waals surface area contributed by atoms with E-state index in [2.05, 4.69) is 5.10 Å². The fraction of sp³-hybridized carbons (Fsp3) is 0.538. The highest BCUT2D eigenvalue weighted by atomic mass is 35.5. The number of nitrogens with zero attached hydrogens (tertiary/aromatic N) is 3. The van der Waals surface area contributed by atoms with Gasteiger partial charge in [-0.3, -0.25) is 19.1 Å². The van der Waals surface area contributed by atoms with Gasteiger partial charge in [0.2, 0.25) is 0 Å². The van der Waals surface area contributed by atoms with Crippen LogP contribution in [-0.4, -0.2) is 50.5 Å². The molecule has 1 heterocycles. The fourth-order valence-electron chi connectivity index (χ4n) is 5.04. The number of amides is 1. The first-order chi connectivity index (χ1) is 18.0. The van der Waals surface area contributed by atoms with Gasteiger partial charge in [0.05, 0.1) is 45.4 Å². The van der Waals surface area contributed by atoms with Crippen LogP contribution in [0.4, 0.5) is 17.6 Å². The number of aliphatic carboxylic acids is 1. The molecular weight excluding hydrogens is 565 g/mol. The van der Waals surface area contributed by atoms with Crippen molar-refractivity contribution in [2.75, 3.05) is 13.1 Å². The van der Waals surface area contributed by atoms with Crippen LogP contribution in [0.15, 0.2) is 18.3 Å². The van der Waals surface area contributed by atoms with Gasteiger partial charge in [0.15, 0.2) is 11.5 Å². The number of halogens is 6. The summed E-state index contributed by atoms with van der Waals surface area (Å²) in [6, 6.07) is 1.03. The second-order valence-corrected chi connectivity index (χ2v) is 11.9. The monoisotopic (exact) mass is 591 g/mol. The van der Waals surface area contributed by atoms with Crippen molar-refractivity contribution in [1.82, 2.24) is 14.7 Å². The summed E-state index contributed by atoms with van der Waals surface area (Å²) in [6.07, 6.45) is -2.06. The van der Waals surface area contributed by atoms with Crippen molar-refractivity contribution in [1.29, 1.82) is 0 Å². The third-order valence-electron chi connectivity index (χ3n) is 7.80. The van der Waals surface area contributed by atoms with Crippen LogP contribution >= 0.6 is 23.2 Å². The zero-order valence-corrected chi connectivity index (χ0v) is 22.8. The SMILES string of the molecule is CC1(CN(CC(=O)c2c(Cl)cc(F)cc2Cl)C(=O)c2cnn([C@H]3CC[C@@](C)(C(=O)O)CC3)c2C(F)(F)F)CC1. The molecule has 1 aromatic heterocycles. The minimum absolute atomic E-state index is 0.0108. The maximum absolute atomic E-state index is 14.4. The number of carboxylic acids is 1. The van der Waals surface area contributed by atoms with Crippen LogP contribution < -0.4 is 0 Å². The van der Waals surface area contributed by atoms with E-state index in [1.807, 2.05) is 6.92 Å². The number of ketones is 1. The predicted octanol–water partition coefficient (Wildman–Crippen LogP) is 6.68. The molecule has 212 valence electrons. The molecule has 2 aromatic rings. The zero-order valence-electron chi connectivity index (χ0n) is 21.2. The molecule has 0 radical (unpaired) electrons. The summed E-state index contributed by atoms with van der Waals surface area (Å²) < 4.78 is 57.5. The minimum atomic E-state index is -4.95. The largest absolute Gasteiger partial charge is 0.481 e. The summed E-state index contributed by atoms with van der Waals surface area (Å²) >= 11 is 12.0. The Bertz CT molecular complexity index is 1290. The lowest BCUT2D eigenvalue weighted by molar-refractivity contribution is -0.152. The lowest BCUT2D eigenvalue weighted by Gasteiger charge is -2.34. The molecule has 0 bridgehead atoms. The number of benzene rings is 1. The average Bonchev–Trinajstić information content (AvgIpc) is 3.36. The molecule has 1 aromatic carbocycles. The van der Waals surface area contributed by atoms with Crippen molar-refractivity contribution >= 4 is 40.9 Å². The zero-order chi connectivity index (χ0) is 28.9. The maximum atomic E-state index is 14.4. The first kappa shape index (κ1) is 29.3. The molecule has 2 aliphatic rings. The van der Waals surface area contributed by atoms with Crippen molar-refractivity contribution in [3.63, 3.8) is 0 Å². The highest BCUT2D eigenvalue weighted by Crippen LogP contribution is 2.47. The lowest BCUT2D eigenvalue weighted by atomic mass is 9.74. The molecule has 2 aliphatic carbocycles. The van der Waals surface area contributed by atoms with Gasteiger partial charge >= 0.3 is 12.1 Å². The van der Waals surface area contributed by atoms with Gasteiger partial charge in [0.25, 0.3) is 5.91 Å². The average molecular weight is 592 g/mol. The van der Waals surface area contributed by atoms with E-state index in [9.17, 15) is 37.1 Å². The Morgan fingerprint density at radius 3 is 2.15 bits per heavy atom. The Morgan fingerprint density at radius 2 is 1.67 bits per heavy atom. The van der Waals surface area contributed by atoms with E-state index < -0.39 is 58.9 Å². The number of carbonyl (C=O) groups is 3. The van der Waals surface area contributed by atoms with Crippen molar-refractivity contribution in [3.05, 3.63) is 51.0 Å². The Kier molecular flexibility index (Phi) is 7.81. The molecule has 1 N–H and O–H groups in total. The summed E-state index contributed by atoms with van der Waals surface area (Å²) in [5, 5.41) is 12.8. The van der Waals surface area contributed by atoms with Gasteiger partial charge in [-0.15, -0.1) is 0 Å². The van der Waals surface area contributed by atoms with Crippen molar-refractivity contribution < 1.29 is 37.1 Å². The number of carboxylic acid groups (broad SMARTS) is 1. The highest BCUT2D eigenvalue weighted by molar-refractivity contribution is 6.40. The first-order valence-corrected chi connectivity index (χ1v) is 13.2. The number of alkyl halides is 3. The molecule has 0 atom stereocenters. The van der Waals surface area contributed by atoms with Gasteiger partial charge in [0.1, 0.15) is 5.82 Å². The van der Waals surface area contributed by atoms with E-state index in [0.717, 1.165) is 40.8 Å². The number of rotatable bonds is 8. The van der Waals surface area contributed by atoms with Crippen molar-refractivity contribution in [2.45, 2.75) is 64.6 Å². The molecule has 0 spiro atoms. The van der Waals surface area contributed by atoms with E-state index in [4.69, 9.17) is 23.2 Å². The van der Waals surface area contributed by atoms with E-state index >= 15 is 0 Å². The quantitative estimate of drug-likeness (QED) is 0.273. The second-order valence-electron chi connectivity index (χ2n) is 11.1. The van der Waals surface area contributed by atoms with Gasteiger partial charge < -0.3 is 10.0 Å². The van der Waals surface area contributed by atoms with Crippen LogP contribution in [0, 0.1) is 16.6 Å². The molecular formula is C26H27Cl2F4N3O4. The number of Topliss-reactive ketones (excluding diaryl/α,β-unsaturated/α-hetero) is 1. The van der Waals surface area contributed by atoms with Crippen LogP contribution in [0.2, 0.25) is 10.0 Å². The first-order valence-electron chi connectivity index (χ1n) is 12.4. The summed E-state index contributed by atoms with van der Waals surface area (Å²) in [5.74, 6) is -3.56. The fourth-order valence-corrected chi connectivity index (χ4v) is 5.71. The van der Waals surface area contributed by atoms with Gasteiger partial charge in [-0.2, -0.15) is 18.3 Å². The Labute approximate surface area is 232 Å².